The van der Waals surface area contributed by atoms with Gasteiger partial charge in [0.15, 0.2) is 0 Å². The molecule has 0 radical (unpaired) electrons. The number of hydrogen-bond donors (Lipinski definition) is 0. The lowest BCUT2D eigenvalue weighted by Gasteiger charge is -2.34. The summed E-state index contributed by atoms with van der Waals surface area (Å²) in [4.78, 5) is 20.2. The molecule has 2 heterocycles. The van der Waals surface area contributed by atoms with E-state index in [0.29, 0.717) is 38.3 Å². The summed E-state index contributed by atoms with van der Waals surface area (Å²) in [5.74, 6) is 0.781. The van der Waals surface area contributed by atoms with Crippen LogP contribution < -0.4 is 4.90 Å². The molecule has 1 aromatic heterocycles. The van der Waals surface area contributed by atoms with Crippen molar-refractivity contribution in [1.82, 2.24) is 9.88 Å². The molecule has 0 N–H and O–H groups in total. The van der Waals surface area contributed by atoms with Crippen LogP contribution in [0.25, 0.3) is 10.9 Å². The van der Waals surface area contributed by atoms with Crippen LogP contribution in [0.3, 0.4) is 0 Å². The minimum atomic E-state index is -0.267. The highest BCUT2D eigenvalue weighted by Gasteiger charge is 2.23. The number of amides is 1. The van der Waals surface area contributed by atoms with Crippen LogP contribution in [0.4, 0.5) is 10.6 Å². The summed E-state index contributed by atoms with van der Waals surface area (Å²) in [5.41, 5.74) is 1.44. The van der Waals surface area contributed by atoms with E-state index < -0.39 is 0 Å². The molecule has 6 heteroatoms. The zero-order valence-corrected chi connectivity index (χ0v) is 13.0. The Morgan fingerprint density at radius 1 is 1.30 bits per heavy atom. The van der Waals surface area contributed by atoms with Crippen LogP contribution in [0, 0.1) is 11.3 Å². The van der Waals surface area contributed by atoms with E-state index in [2.05, 4.69) is 16.0 Å². The lowest BCUT2D eigenvalue weighted by atomic mass is 10.1. The summed E-state index contributed by atoms with van der Waals surface area (Å²) in [6.45, 7) is 4.72. The first-order valence-electron chi connectivity index (χ1n) is 7.69. The van der Waals surface area contributed by atoms with Gasteiger partial charge in [0.1, 0.15) is 5.82 Å². The van der Waals surface area contributed by atoms with Gasteiger partial charge in [0.05, 0.1) is 23.8 Å². The van der Waals surface area contributed by atoms with Crippen LogP contribution in [-0.4, -0.2) is 48.8 Å². The molecule has 1 aliphatic heterocycles. The summed E-state index contributed by atoms with van der Waals surface area (Å²) in [5, 5.41) is 10.2. The van der Waals surface area contributed by atoms with Gasteiger partial charge in [-0.1, -0.05) is 18.2 Å². The zero-order chi connectivity index (χ0) is 16.2. The monoisotopic (exact) mass is 310 g/mol. The predicted molar refractivity (Wildman–Crippen MR) is 87.3 cm³/mol. The van der Waals surface area contributed by atoms with E-state index in [1.54, 1.807) is 11.8 Å². The third kappa shape index (κ3) is 3.04. The average molecular weight is 310 g/mol. The van der Waals surface area contributed by atoms with Crippen molar-refractivity contribution < 1.29 is 9.53 Å². The maximum atomic E-state index is 11.7. The number of rotatable bonds is 2. The quantitative estimate of drug-likeness (QED) is 0.852. The average Bonchev–Trinajstić information content (AvgIpc) is 2.61. The fraction of sp³-hybridized carbons (Fsp3) is 0.353. The van der Waals surface area contributed by atoms with E-state index in [0.717, 1.165) is 16.7 Å². The maximum absolute atomic E-state index is 11.7. The van der Waals surface area contributed by atoms with Gasteiger partial charge >= 0.3 is 6.09 Å². The summed E-state index contributed by atoms with van der Waals surface area (Å²) in [6, 6.07) is 11.7. The lowest BCUT2D eigenvalue weighted by Crippen LogP contribution is -2.49. The van der Waals surface area contributed by atoms with Gasteiger partial charge < -0.3 is 14.5 Å². The Morgan fingerprint density at radius 3 is 2.74 bits per heavy atom. The molecule has 2 aromatic rings. The highest BCUT2D eigenvalue weighted by Crippen LogP contribution is 2.23. The van der Waals surface area contributed by atoms with Crippen LogP contribution in [0.1, 0.15) is 12.5 Å². The smallest absolute Gasteiger partial charge is 0.409 e. The molecule has 118 valence electrons. The maximum Gasteiger partial charge on any atom is 0.409 e. The Labute approximate surface area is 134 Å². The second kappa shape index (κ2) is 6.53. The SMILES string of the molecule is CCOC(=O)N1CCN(c2cc(C#N)c3ccccc3n2)CC1. The van der Waals surface area contributed by atoms with E-state index in [-0.39, 0.29) is 6.09 Å². The van der Waals surface area contributed by atoms with Crippen molar-refractivity contribution in [3.05, 3.63) is 35.9 Å². The zero-order valence-electron chi connectivity index (χ0n) is 13.0. The van der Waals surface area contributed by atoms with Crippen molar-refractivity contribution in [2.45, 2.75) is 6.92 Å². The first kappa shape index (κ1) is 15.1. The van der Waals surface area contributed by atoms with Crippen molar-refractivity contribution in [2.24, 2.45) is 0 Å². The normalized spacial score (nSPS) is 14.6. The molecule has 0 aliphatic carbocycles. The standard InChI is InChI=1S/C17H18N4O2/c1-2-23-17(22)21-9-7-20(8-10-21)16-11-13(12-18)14-5-3-4-6-15(14)19-16/h3-6,11H,2,7-10H2,1H3. The molecule has 0 saturated carbocycles. The molecule has 1 amide bonds. The second-order valence-corrected chi connectivity index (χ2v) is 5.33. The molecule has 0 atom stereocenters. The predicted octanol–water partition coefficient (Wildman–Crippen LogP) is 2.38. The third-order valence-corrected chi connectivity index (χ3v) is 3.95. The van der Waals surface area contributed by atoms with Gasteiger partial charge in [-0.15, -0.1) is 0 Å². The molecule has 1 aromatic carbocycles. The largest absolute Gasteiger partial charge is 0.450 e. The number of carbonyl (C=O) groups excluding carboxylic acids is 1. The number of nitrogens with zero attached hydrogens (tertiary/aromatic N) is 4. The molecule has 0 unspecified atom stereocenters. The van der Waals surface area contributed by atoms with E-state index in [4.69, 9.17) is 4.74 Å². The van der Waals surface area contributed by atoms with E-state index >= 15 is 0 Å². The lowest BCUT2D eigenvalue weighted by molar-refractivity contribution is 0.105. The van der Waals surface area contributed by atoms with Crippen LogP contribution in [-0.2, 0) is 4.74 Å². The summed E-state index contributed by atoms with van der Waals surface area (Å²) in [7, 11) is 0. The molecule has 1 fully saturated rings. The number of anilines is 1. The summed E-state index contributed by atoms with van der Waals surface area (Å²) < 4.78 is 5.03. The first-order valence-corrected chi connectivity index (χ1v) is 7.69. The fourth-order valence-corrected chi connectivity index (χ4v) is 2.75. The Kier molecular flexibility index (Phi) is 4.29. The van der Waals surface area contributed by atoms with E-state index in [1.807, 2.05) is 30.3 Å². The molecular formula is C17H18N4O2. The second-order valence-electron chi connectivity index (χ2n) is 5.33. The number of aromatic nitrogens is 1. The van der Waals surface area contributed by atoms with E-state index in [1.165, 1.54) is 0 Å². The third-order valence-electron chi connectivity index (χ3n) is 3.95. The molecule has 0 spiro atoms. The molecule has 3 rings (SSSR count). The van der Waals surface area contributed by atoms with Gasteiger partial charge in [-0.05, 0) is 19.1 Å². The number of nitriles is 1. The van der Waals surface area contributed by atoms with Crippen molar-refractivity contribution in [1.29, 1.82) is 5.26 Å². The van der Waals surface area contributed by atoms with Crippen LogP contribution in [0.5, 0.6) is 0 Å². The van der Waals surface area contributed by atoms with Gasteiger partial charge in [-0.3, -0.25) is 0 Å². The number of ether oxygens (including phenoxy) is 1. The Bertz CT molecular complexity index is 761. The Hall–Kier alpha value is -2.81. The van der Waals surface area contributed by atoms with Gasteiger partial charge in [0.2, 0.25) is 0 Å². The number of pyridine rings is 1. The van der Waals surface area contributed by atoms with E-state index in [9.17, 15) is 10.1 Å². The Balaban J connectivity index is 1.80. The molecule has 6 nitrogen and oxygen atoms in total. The van der Waals surface area contributed by atoms with Crippen molar-refractivity contribution in [3.8, 4) is 6.07 Å². The van der Waals surface area contributed by atoms with Gasteiger partial charge in [0.25, 0.3) is 0 Å². The molecular weight excluding hydrogens is 292 g/mol. The van der Waals surface area contributed by atoms with Crippen LogP contribution >= 0.6 is 0 Å². The fourth-order valence-electron chi connectivity index (χ4n) is 2.75. The van der Waals surface area contributed by atoms with Crippen molar-refractivity contribution >= 4 is 22.8 Å². The van der Waals surface area contributed by atoms with Gasteiger partial charge in [-0.2, -0.15) is 5.26 Å². The van der Waals surface area contributed by atoms with Gasteiger partial charge in [-0.25, -0.2) is 9.78 Å². The number of para-hydroxylation sites is 1. The number of fused-ring (bicyclic) bond motifs is 1. The van der Waals surface area contributed by atoms with Crippen molar-refractivity contribution in [3.63, 3.8) is 0 Å². The number of benzene rings is 1. The number of piperazine rings is 1. The summed E-state index contributed by atoms with van der Waals surface area (Å²) >= 11 is 0. The topological polar surface area (TPSA) is 69.5 Å². The number of hydrogen-bond acceptors (Lipinski definition) is 5. The minimum Gasteiger partial charge on any atom is -0.450 e. The van der Waals surface area contributed by atoms with Crippen LogP contribution in [0.2, 0.25) is 0 Å². The number of carbonyl (C=O) groups is 1. The van der Waals surface area contributed by atoms with Crippen molar-refractivity contribution in [2.75, 3.05) is 37.7 Å². The highest BCUT2D eigenvalue weighted by molar-refractivity contribution is 5.86. The molecule has 1 saturated heterocycles. The molecule has 23 heavy (non-hydrogen) atoms. The minimum absolute atomic E-state index is 0.267. The highest BCUT2D eigenvalue weighted by atomic mass is 16.6. The van der Waals surface area contributed by atoms with Gasteiger partial charge in [0, 0.05) is 31.6 Å². The molecule has 1 aliphatic rings. The first-order chi connectivity index (χ1) is 11.2. The van der Waals surface area contributed by atoms with Crippen LogP contribution in [0.15, 0.2) is 30.3 Å². The Morgan fingerprint density at radius 2 is 2.04 bits per heavy atom. The molecule has 0 bridgehead atoms. The summed E-state index contributed by atoms with van der Waals surface area (Å²) in [6.07, 6.45) is -0.267.